The molecule has 1 atom stereocenters. The van der Waals surface area contributed by atoms with Crippen molar-refractivity contribution in [1.29, 1.82) is 0 Å². The van der Waals surface area contributed by atoms with Crippen molar-refractivity contribution in [3.63, 3.8) is 0 Å². The molecule has 1 heterocycles. The fourth-order valence-corrected chi connectivity index (χ4v) is 2.88. The topological polar surface area (TPSA) is 38.9 Å². The molecule has 1 saturated carbocycles. The molecule has 0 spiro atoms. The number of thiazole rings is 1. The van der Waals surface area contributed by atoms with E-state index in [9.17, 15) is 0 Å². The third kappa shape index (κ3) is 1.98. The quantitative estimate of drug-likeness (QED) is 0.833. The van der Waals surface area contributed by atoms with Crippen molar-refractivity contribution in [1.82, 2.24) is 4.98 Å². The molecule has 0 aliphatic heterocycles. The number of rotatable bonds is 3. The normalized spacial score (nSPS) is 21.6. The van der Waals surface area contributed by atoms with E-state index in [4.69, 9.17) is 5.73 Å². The number of aromatic nitrogens is 1. The summed E-state index contributed by atoms with van der Waals surface area (Å²) >= 11 is 1.70. The maximum absolute atomic E-state index is 6.31. The minimum atomic E-state index is -0.204. The van der Waals surface area contributed by atoms with Gasteiger partial charge in [-0.2, -0.15) is 0 Å². The number of hydrogen-bond acceptors (Lipinski definition) is 3. The Morgan fingerprint density at radius 2 is 2.36 bits per heavy atom. The van der Waals surface area contributed by atoms with Gasteiger partial charge in [0, 0.05) is 11.1 Å². The van der Waals surface area contributed by atoms with Crippen LogP contribution in [0.1, 0.15) is 43.3 Å². The van der Waals surface area contributed by atoms with Crippen LogP contribution in [0.3, 0.4) is 0 Å². The molecule has 0 saturated heterocycles. The van der Waals surface area contributed by atoms with Crippen molar-refractivity contribution >= 4 is 11.3 Å². The van der Waals surface area contributed by atoms with Crippen LogP contribution >= 0.6 is 11.3 Å². The van der Waals surface area contributed by atoms with Gasteiger partial charge < -0.3 is 5.73 Å². The van der Waals surface area contributed by atoms with Gasteiger partial charge in [0.15, 0.2) is 0 Å². The molecule has 1 aromatic rings. The highest BCUT2D eigenvalue weighted by Crippen LogP contribution is 2.37. The minimum absolute atomic E-state index is 0.204. The van der Waals surface area contributed by atoms with Gasteiger partial charge in [-0.15, -0.1) is 11.3 Å². The zero-order chi connectivity index (χ0) is 10.2. The van der Waals surface area contributed by atoms with E-state index in [0.29, 0.717) is 0 Å². The van der Waals surface area contributed by atoms with E-state index < -0.39 is 0 Å². The standard InChI is InChI=1S/C11H18N2S/c1-8-7-14-10(13-8)11(2,12)6-9-4-3-5-9/h7,9H,3-6,12H2,1-2H3. The maximum Gasteiger partial charge on any atom is 0.112 e. The molecule has 1 unspecified atom stereocenters. The van der Waals surface area contributed by atoms with Gasteiger partial charge in [-0.05, 0) is 26.2 Å². The molecule has 0 radical (unpaired) electrons. The van der Waals surface area contributed by atoms with E-state index in [2.05, 4.69) is 17.3 Å². The Morgan fingerprint density at radius 1 is 1.64 bits per heavy atom. The second-order valence-corrected chi connectivity index (χ2v) is 5.57. The molecular formula is C11H18N2S. The SMILES string of the molecule is Cc1csc(C(C)(N)CC2CCC2)n1. The fourth-order valence-electron chi connectivity index (χ4n) is 2.00. The number of aryl methyl sites for hydroxylation is 1. The Morgan fingerprint density at radius 3 is 2.79 bits per heavy atom. The van der Waals surface area contributed by atoms with E-state index in [1.54, 1.807) is 11.3 Å². The molecule has 1 aliphatic carbocycles. The van der Waals surface area contributed by atoms with Crippen molar-refractivity contribution in [3.8, 4) is 0 Å². The van der Waals surface area contributed by atoms with E-state index in [1.807, 2.05) is 6.92 Å². The van der Waals surface area contributed by atoms with Gasteiger partial charge in [-0.3, -0.25) is 0 Å². The zero-order valence-corrected chi connectivity index (χ0v) is 9.73. The summed E-state index contributed by atoms with van der Waals surface area (Å²) < 4.78 is 0. The molecule has 0 amide bonds. The van der Waals surface area contributed by atoms with Gasteiger partial charge >= 0.3 is 0 Å². The summed E-state index contributed by atoms with van der Waals surface area (Å²) in [5.41, 5.74) is 7.20. The molecule has 3 heteroatoms. The van der Waals surface area contributed by atoms with Crippen LogP contribution in [-0.4, -0.2) is 4.98 Å². The highest BCUT2D eigenvalue weighted by Gasteiger charge is 2.31. The average Bonchev–Trinajstić information content (AvgIpc) is 2.45. The first-order valence-corrected chi connectivity index (χ1v) is 6.17. The lowest BCUT2D eigenvalue weighted by Gasteiger charge is -2.33. The van der Waals surface area contributed by atoms with Crippen LogP contribution in [-0.2, 0) is 5.54 Å². The third-order valence-electron chi connectivity index (χ3n) is 3.05. The van der Waals surface area contributed by atoms with Crippen LogP contribution in [0.15, 0.2) is 5.38 Å². The minimum Gasteiger partial charge on any atom is -0.320 e. The van der Waals surface area contributed by atoms with Gasteiger partial charge in [-0.1, -0.05) is 19.3 Å². The van der Waals surface area contributed by atoms with Crippen molar-refractivity contribution in [2.75, 3.05) is 0 Å². The summed E-state index contributed by atoms with van der Waals surface area (Å²) in [5.74, 6) is 0.842. The van der Waals surface area contributed by atoms with Gasteiger partial charge in [0.05, 0.1) is 5.54 Å². The van der Waals surface area contributed by atoms with Gasteiger partial charge in [0.2, 0.25) is 0 Å². The lowest BCUT2D eigenvalue weighted by molar-refractivity contribution is 0.235. The largest absolute Gasteiger partial charge is 0.320 e. The molecule has 14 heavy (non-hydrogen) atoms. The molecule has 1 aliphatic rings. The Hall–Kier alpha value is -0.410. The van der Waals surface area contributed by atoms with Gasteiger partial charge in [0.25, 0.3) is 0 Å². The molecule has 2 rings (SSSR count). The summed E-state index contributed by atoms with van der Waals surface area (Å²) in [7, 11) is 0. The van der Waals surface area contributed by atoms with Crippen molar-refractivity contribution in [2.45, 2.75) is 45.1 Å². The average molecular weight is 210 g/mol. The monoisotopic (exact) mass is 210 g/mol. The summed E-state index contributed by atoms with van der Waals surface area (Å²) in [6.45, 7) is 4.14. The Balaban J connectivity index is 2.06. The van der Waals surface area contributed by atoms with E-state index in [1.165, 1.54) is 19.3 Å². The van der Waals surface area contributed by atoms with Gasteiger partial charge in [-0.25, -0.2) is 4.98 Å². The lowest BCUT2D eigenvalue weighted by Crippen LogP contribution is -2.36. The van der Waals surface area contributed by atoms with Crippen molar-refractivity contribution in [3.05, 3.63) is 16.1 Å². The number of nitrogens with zero attached hydrogens (tertiary/aromatic N) is 1. The Kier molecular flexibility index (Phi) is 2.62. The summed E-state index contributed by atoms with van der Waals surface area (Å²) in [6.07, 6.45) is 5.20. The molecule has 1 aromatic heterocycles. The van der Waals surface area contributed by atoms with Gasteiger partial charge in [0.1, 0.15) is 5.01 Å². The second-order valence-electron chi connectivity index (χ2n) is 4.71. The van der Waals surface area contributed by atoms with Crippen molar-refractivity contribution in [2.24, 2.45) is 11.7 Å². The molecule has 1 fully saturated rings. The fraction of sp³-hybridized carbons (Fsp3) is 0.727. The van der Waals surface area contributed by atoms with Crippen LogP contribution in [0.5, 0.6) is 0 Å². The van der Waals surface area contributed by atoms with E-state index in [0.717, 1.165) is 23.0 Å². The molecule has 2 nitrogen and oxygen atoms in total. The number of nitrogens with two attached hydrogens (primary N) is 1. The van der Waals surface area contributed by atoms with Crippen LogP contribution in [0.25, 0.3) is 0 Å². The van der Waals surface area contributed by atoms with E-state index >= 15 is 0 Å². The first-order chi connectivity index (χ1) is 6.58. The molecule has 78 valence electrons. The Labute approximate surface area is 89.5 Å². The highest BCUT2D eigenvalue weighted by molar-refractivity contribution is 7.09. The maximum atomic E-state index is 6.31. The van der Waals surface area contributed by atoms with E-state index in [-0.39, 0.29) is 5.54 Å². The molecular weight excluding hydrogens is 192 g/mol. The second kappa shape index (κ2) is 3.63. The lowest BCUT2D eigenvalue weighted by atomic mass is 9.77. The first-order valence-electron chi connectivity index (χ1n) is 5.29. The summed E-state index contributed by atoms with van der Waals surface area (Å²) in [5, 5.41) is 3.18. The zero-order valence-electron chi connectivity index (χ0n) is 8.92. The number of hydrogen-bond donors (Lipinski definition) is 1. The Bertz CT molecular complexity index is 313. The third-order valence-corrected chi connectivity index (χ3v) is 4.28. The predicted octanol–water partition coefficient (Wildman–Crippen LogP) is 2.82. The summed E-state index contributed by atoms with van der Waals surface area (Å²) in [6, 6.07) is 0. The summed E-state index contributed by atoms with van der Waals surface area (Å²) in [4.78, 5) is 4.49. The van der Waals surface area contributed by atoms with Crippen LogP contribution in [0.2, 0.25) is 0 Å². The van der Waals surface area contributed by atoms with Crippen molar-refractivity contribution < 1.29 is 0 Å². The van der Waals surface area contributed by atoms with Crippen LogP contribution in [0.4, 0.5) is 0 Å². The first kappa shape index (κ1) is 10.1. The van der Waals surface area contributed by atoms with Crippen LogP contribution in [0, 0.1) is 12.8 Å². The van der Waals surface area contributed by atoms with Crippen LogP contribution < -0.4 is 5.73 Å². The molecule has 0 bridgehead atoms. The predicted molar refractivity (Wildman–Crippen MR) is 60.3 cm³/mol. The smallest absolute Gasteiger partial charge is 0.112 e. The molecule has 2 N–H and O–H groups in total. The molecule has 0 aromatic carbocycles. The highest BCUT2D eigenvalue weighted by atomic mass is 32.1.